The molecule has 0 spiro atoms. The average Bonchev–Trinajstić information content (AvgIpc) is 2.55. The highest BCUT2D eigenvalue weighted by Crippen LogP contribution is 2.36. The largest absolute Gasteiger partial charge is 0.329 e. The highest BCUT2D eigenvalue weighted by Gasteiger charge is 2.39. The Kier molecular flexibility index (Phi) is 2.85. The molecule has 1 aromatic heterocycles. The van der Waals surface area contributed by atoms with Crippen LogP contribution in [0.15, 0.2) is 10.9 Å². The molecule has 0 unspecified atom stereocenters. The third-order valence-corrected chi connectivity index (χ3v) is 3.99. The Hall–Kier alpha value is -0.450. The second-order valence-electron chi connectivity index (χ2n) is 4.12. The molecule has 1 aliphatic rings. The fraction of sp³-hybridized carbons (Fsp3) is 0.700. The topological polar surface area (TPSA) is 42.2 Å². The van der Waals surface area contributed by atoms with Crippen molar-refractivity contribution >= 4 is 11.3 Å². The van der Waals surface area contributed by atoms with Gasteiger partial charge in [0.15, 0.2) is 0 Å². The van der Waals surface area contributed by atoms with Crippen molar-refractivity contribution in [1.82, 2.24) is 9.88 Å². The lowest BCUT2D eigenvalue weighted by Gasteiger charge is -2.48. The van der Waals surface area contributed by atoms with Crippen molar-refractivity contribution in [2.45, 2.75) is 31.3 Å². The summed E-state index contributed by atoms with van der Waals surface area (Å²) in [5, 5.41) is 2.11. The first kappa shape index (κ1) is 10.1. The fourth-order valence-corrected chi connectivity index (χ4v) is 2.60. The van der Waals surface area contributed by atoms with Gasteiger partial charge in [-0.3, -0.25) is 4.90 Å². The summed E-state index contributed by atoms with van der Waals surface area (Å²) >= 11 is 1.66. The van der Waals surface area contributed by atoms with Crippen molar-refractivity contribution in [2.24, 2.45) is 5.73 Å². The smallest absolute Gasteiger partial charge is 0.0795 e. The molecule has 3 nitrogen and oxygen atoms in total. The number of hydrogen-bond acceptors (Lipinski definition) is 4. The number of nitrogens with zero attached hydrogens (tertiary/aromatic N) is 2. The number of hydrogen-bond donors (Lipinski definition) is 1. The second kappa shape index (κ2) is 3.96. The molecule has 1 aromatic rings. The third kappa shape index (κ3) is 1.69. The predicted molar refractivity (Wildman–Crippen MR) is 59.2 cm³/mol. The van der Waals surface area contributed by atoms with E-state index >= 15 is 0 Å². The zero-order valence-corrected chi connectivity index (χ0v) is 9.39. The number of nitrogens with two attached hydrogens (primary N) is 1. The van der Waals surface area contributed by atoms with E-state index in [2.05, 4.69) is 22.3 Å². The Balaban J connectivity index is 1.98. The molecule has 0 aromatic carbocycles. The molecule has 0 atom stereocenters. The van der Waals surface area contributed by atoms with Gasteiger partial charge in [-0.15, -0.1) is 11.3 Å². The summed E-state index contributed by atoms with van der Waals surface area (Å²) in [6, 6.07) is 0. The van der Waals surface area contributed by atoms with Crippen LogP contribution in [0.2, 0.25) is 0 Å². The van der Waals surface area contributed by atoms with E-state index < -0.39 is 0 Å². The Labute approximate surface area is 88.9 Å². The van der Waals surface area contributed by atoms with Gasteiger partial charge >= 0.3 is 0 Å². The summed E-state index contributed by atoms with van der Waals surface area (Å²) in [5.41, 5.74) is 9.16. The first-order valence-electron chi connectivity index (χ1n) is 5.05. The van der Waals surface area contributed by atoms with Gasteiger partial charge in [0.05, 0.1) is 11.2 Å². The highest BCUT2D eigenvalue weighted by molar-refractivity contribution is 7.07. The first-order valence-corrected chi connectivity index (χ1v) is 5.99. The zero-order valence-electron chi connectivity index (χ0n) is 8.57. The van der Waals surface area contributed by atoms with Crippen LogP contribution in [0.1, 0.15) is 25.0 Å². The van der Waals surface area contributed by atoms with Gasteiger partial charge in [0.25, 0.3) is 0 Å². The molecular weight excluding hydrogens is 194 g/mol. The van der Waals surface area contributed by atoms with Crippen LogP contribution in [0.25, 0.3) is 0 Å². The highest BCUT2D eigenvalue weighted by atomic mass is 32.1. The molecule has 2 N–H and O–H groups in total. The van der Waals surface area contributed by atoms with E-state index in [-0.39, 0.29) is 5.54 Å². The summed E-state index contributed by atoms with van der Waals surface area (Å²) < 4.78 is 0. The molecule has 1 fully saturated rings. The zero-order chi connectivity index (χ0) is 10.0. The molecule has 1 aliphatic carbocycles. The Morgan fingerprint density at radius 2 is 2.43 bits per heavy atom. The summed E-state index contributed by atoms with van der Waals surface area (Å²) in [4.78, 5) is 6.67. The molecule has 2 rings (SSSR count). The van der Waals surface area contributed by atoms with Gasteiger partial charge in [-0.2, -0.15) is 0 Å². The SMILES string of the molecule is CN(Cc1cscn1)C1(CN)CCC1. The molecule has 1 saturated carbocycles. The molecule has 0 saturated heterocycles. The van der Waals surface area contributed by atoms with E-state index in [0.29, 0.717) is 0 Å². The van der Waals surface area contributed by atoms with Crippen LogP contribution in [-0.2, 0) is 6.54 Å². The predicted octanol–water partition coefficient (Wildman–Crippen LogP) is 1.46. The molecule has 1 heterocycles. The van der Waals surface area contributed by atoms with Crippen molar-refractivity contribution in [1.29, 1.82) is 0 Å². The summed E-state index contributed by atoms with van der Waals surface area (Å²) in [6.07, 6.45) is 3.80. The Bertz CT molecular complexity index is 274. The van der Waals surface area contributed by atoms with Crippen molar-refractivity contribution < 1.29 is 0 Å². The summed E-state index contributed by atoms with van der Waals surface area (Å²) in [7, 11) is 2.16. The van der Waals surface area contributed by atoms with Crippen LogP contribution in [-0.4, -0.2) is 29.0 Å². The van der Waals surface area contributed by atoms with E-state index in [1.807, 2.05) is 5.51 Å². The van der Waals surface area contributed by atoms with E-state index in [0.717, 1.165) is 18.8 Å². The van der Waals surface area contributed by atoms with Gasteiger partial charge in [-0.25, -0.2) is 4.98 Å². The molecule has 0 radical (unpaired) electrons. The molecular formula is C10H17N3S. The second-order valence-corrected chi connectivity index (χ2v) is 4.84. The third-order valence-electron chi connectivity index (χ3n) is 3.36. The van der Waals surface area contributed by atoms with Crippen LogP contribution in [0, 0.1) is 0 Å². The van der Waals surface area contributed by atoms with E-state index in [1.54, 1.807) is 11.3 Å². The molecule has 78 valence electrons. The Morgan fingerprint density at radius 3 is 2.86 bits per heavy atom. The van der Waals surface area contributed by atoms with Crippen molar-refractivity contribution in [3.05, 3.63) is 16.6 Å². The molecule has 0 amide bonds. The maximum absolute atomic E-state index is 5.84. The van der Waals surface area contributed by atoms with Crippen LogP contribution in [0.3, 0.4) is 0 Å². The van der Waals surface area contributed by atoms with E-state index in [4.69, 9.17) is 5.73 Å². The lowest BCUT2D eigenvalue weighted by molar-refractivity contribution is 0.0390. The molecule has 4 heteroatoms. The molecule has 0 bridgehead atoms. The molecule has 0 aliphatic heterocycles. The van der Waals surface area contributed by atoms with Gasteiger partial charge < -0.3 is 5.73 Å². The quantitative estimate of drug-likeness (QED) is 0.820. The molecule has 14 heavy (non-hydrogen) atoms. The van der Waals surface area contributed by atoms with Gasteiger partial charge in [0, 0.05) is 24.0 Å². The van der Waals surface area contributed by atoms with Gasteiger partial charge in [-0.05, 0) is 26.3 Å². The van der Waals surface area contributed by atoms with Gasteiger partial charge in [-0.1, -0.05) is 0 Å². The normalized spacial score (nSPS) is 19.6. The minimum Gasteiger partial charge on any atom is -0.329 e. The minimum atomic E-state index is 0.267. The number of rotatable bonds is 4. The number of likely N-dealkylation sites (N-methyl/N-ethyl adjacent to an activating group) is 1. The average molecular weight is 211 g/mol. The fourth-order valence-electron chi connectivity index (χ4n) is 2.05. The summed E-state index contributed by atoms with van der Waals surface area (Å²) in [6.45, 7) is 1.70. The van der Waals surface area contributed by atoms with Crippen molar-refractivity contribution in [2.75, 3.05) is 13.6 Å². The number of aromatic nitrogens is 1. The monoisotopic (exact) mass is 211 g/mol. The van der Waals surface area contributed by atoms with E-state index in [1.165, 1.54) is 19.3 Å². The van der Waals surface area contributed by atoms with Crippen LogP contribution in [0.4, 0.5) is 0 Å². The lowest BCUT2D eigenvalue weighted by atomic mass is 9.75. The maximum atomic E-state index is 5.84. The Morgan fingerprint density at radius 1 is 1.64 bits per heavy atom. The lowest BCUT2D eigenvalue weighted by Crippen LogP contribution is -2.56. The summed E-state index contributed by atoms with van der Waals surface area (Å²) in [5.74, 6) is 0. The van der Waals surface area contributed by atoms with Crippen LogP contribution >= 0.6 is 11.3 Å². The van der Waals surface area contributed by atoms with E-state index in [9.17, 15) is 0 Å². The number of thiazole rings is 1. The van der Waals surface area contributed by atoms with Crippen molar-refractivity contribution in [3.63, 3.8) is 0 Å². The van der Waals surface area contributed by atoms with Gasteiger partial charge in [0.2, 0.25) is 0 Å². The first-order chi connectivity index (χ1) is 6.77. The van der Waals surface area contributed by atoms with Crippen molar-refractivity contribution in [3.8, 4) is 0 Å². The van der Waals surface area contributed by atoms with Gasteiger partial charge in [0.1, 0.15) is 0 Å². The van der Waals surface area contributed by atoms with Crippen LogP contribution in [0.5, 0.6) is 0 Å². The standard InChI is InChI=1S/C10H17N3S/c1-13(5-9-6-14-8-12-9)10(7-11)3-2-4-10/h6,8H,2-5,7,11H2,1H3. The minimum absolute atomic E-state index is 0.267. The van der Waals surface area contributed by atoms with Crippen LogP contribution < -0.4 is 5.73 Å². The maximum Gasteiger partial charge on any atom is 0.0795 e.